The standard InChI is InChI=1S/C18H18N2O2S/c1-4-22-15-7-5-6-14(10-15)17(21)9-8-16-13(3)19-18-20(16)11-12(2)23-18/h5-11H,4H2,1-3H3. The Morgan fingerprint density at radius 1 is 1.39 bits per heavy atom. The van der Waals surface area contributed by atoms with Crippen LogP contribution in [0.3, 0.4) is 0 Å². The van der Waals surface area contributed by atoms with E-state index >= 15 is 0 Å². The third-order valence-electron chi connectivity index (χ3n) is 3.48. The zero-order chi connectivity index (χ0) is 16.4. The molecular formula is C18H18N2O2S. The molecule has 0 fully saturated rings. The van der Waals surface area contributed by atoms with E-state index in [0.717, 1.165) is 16.3 Å². The maximum absolute atomic E-state index is 12.4. The molecular weight excluding hydrogens is 308 g/mol. The van der Waals surface area contributed by atoms with E-state index < -0.39 is 0 Å². The minimum atomic E-state index is -0.0483. The Labute approximate surface area is 139 Å². The van der Waals surface area contributed by atoms with Gasteiger partial charge in [-0.15, -0.1) is 11.3 Å². The molecule has 0 saturated carbocycles. The number of imidazole rings is 1. The van der Waals surface area contributed by atoms with Gasteiger partial charge in [0.2, 0.25) is 0 Å². The summed E-state index contributed by atoms with van der Waals surface area (Å²) in [6, 6.07) is 7.24. The average Bonchev–Trinajstić information content (AvgIpc) is 3.00. The lowest BCUT2D eigenvalue weighted by molar-refractivity contribution is 0.104. The molecule has 3 rings (SSSR count). The Kier molecular flexibility index (Phi) is 4.30. The van der Waals surface area contributed by atoms with Crippen LogP contribution in [0.15, 0.2) is 36.5 Å². The molecule has 118 valence electrons. The number of fused-ring (bicyclic) bond motifs is 1. The van der Waals surface area contributed by atoms with Crippen LogP contribution in [0.5, 0.6) is 5.75 Å². The number of carbonyl (C=O) groups is 1. The van der Waals surface area contributed by atoms with Gasteiger partial charge in [0.25, 0.3) is 0 Å². The van der Waals surface area contributed by atoms with Gasteiger partial charge in [-0.25, -0.2) is 4.98 Å². The van der Waals surface area contributed by atoms with Crippen LogP contribution in [-0.4, -0.2) is 21.8 Å². The molecule has 0 unspecified atom stereocenters. The highest BCUT2D eigenvalue weighted by Crippen LogP contribution is 2.22. The number of thiazole rings is 1. The Hall–Kier alpha value is -2.40. The topological polar surface area (TPSA) is 43.6 Å². The molecule has 0 spiro atoms. The smallest absolute Gasteiger partial charge is 0.194 e. The van der Waals surface area contributed by atoms with Gasteiger partial charge in [-0.2, -0.15) is 0 Å². The Bertz CT molecular complexity index is 890. The molecule has 0 saturated heterocycles. The van der Waals surface area contributed by atoms with Gasteiger partial charge in [0.1, 0.15) is 5.75 Å². The predicted molar refractivity (Wildman–Crippen MR) is 93.5 cm³/mol. The summed E-state index contributed by atoms with van der Waals surface area (Å²) >= 11 is 1.64. The van der Waals surface area contributed by atoms with Crippen LogP contribution in [0.25, 0.3) is 11.0 Å². The number of hydrogen-bond donors (Lipinski definition) is 0. The summed E-state index contributed by atoms with van der Waals surface area (Å²) < 4.78 is 7.46. The van der Waals surface area contributed by atoms with Crippen LogP contribution in [0, 0.1) is 13.8 Å². The van der Waals surface area contributed by atoms with Crippen molar-refractivity contribution in [3.8, 4) is 5.75 Å². The number of ketones is 1. The van der Waals surface area contributed by atoms with Crippen LogP contribution in [0.1, 0.15) is 33.5 Å². The molecule has 0 radical (unpaired) electrons. The van der Waals surface area contributed by atoms with Crippen molar-refractivity contribution < 1.29 is 9.53 Å². The highest BCUT2D eigenvalue weighted by molar-refractivity contribution is 7.17. The number of nitrogens with zero attached hydrogens (tertiary/aromatic N) is 2. The minimum Gasteiger partial charge on any atom is -0.494 e. The van der Waals surface area contributed by atoms with Crippen LogP contribution < -0.4 is 4.74 Å². The second-order valence-corrected chi connectivity index (χ2v) is 6.45. The van der Waals surface area contributed by atoms with E-state index in [4.69, 9.17) is 4.74 Å². The minimum absolute atomic E-state index is 0.0483. The molecule has 23 heavy (non-hydrogen) atoms. The van der Waals surface area contributed by atoms with E-state index in [1.807, 2.05) is 49.6 Å². The largest absolute Gasteiger partial charge is 0.494 e. The van der Waals surface area contributed by atoms with Crippen molar-refractivity contribution in [3.63, 3.8) is 0 Å². The highest BCUT2D eigenvalue weighted by Gasteiger charge is 2.09. The fourth-order valence-corrected chi connectivity index (χ4v) is 3.32. The number of ether oxygens (including phenoxy) is 1. The second-order valence-electron chi connectivity index (χ2n) is 5.24. The van der Waals surface area contributed by atoms with Gasteiger partial charge in [-0.3, -0.25) is 9.20 Å². The number of allylic oxidation sites excluding steroid dienone is 1. The first-order valence-corrected chi connectivity index (χ1v) is 8.30. The van der Waals surface area contributed by atoms with Gasteiger partial charge in [-0.1, -0.05) is 12.1 Å². The van der Waals surface area contributed by atoms with Crippen LogP contribution in [0.4, 0.5) is 0 Å². The number of aryl methyl sites for hydroxylation is 2. The fourth-order valence-electron chi connectivity index (χ4n) is 2.44. The molecule has 0 aliphatic carbocycles. The van der Waals surface area contributed by atoms with Crippen LogP contribution >= 0.6 is 11.3 Å². The number of rotatable bonds is 5. The molecule has 2 heterocycles. The van der Waals surface area contributed by atoms with E-state index in [1.54, 1.807) is 29.5 Å². The molecule has 2 aromatic heterocycles. The molecule has 0 aliphatic rings. The lowest BCUT2D eigenvalue weighted by atomic mass is 10.1. The van der Waals surface area contributed by atoms with E-state index in [9.17, 15) is 4.79 Å². The molecule has 0 bridgehead atoms. The highest BCUT2D eigenvalue weighted by atomic mass is 32.1. The molecule has 0 aliphatic heterocycles. The first-order valence-electron chi connectivity index (χ1n) is 7.49. The van der Waals surface area contributed by atoms with E-state index in [1.165, 1.54) is 4.88 Å². The van der Waals surface area contributed by atoms with Gasteiger partial charge >= 0.3 is 0 Å². The zero-order valence-electron chi connectivity index (χ0n) is 13.4. The first kappa shape index (κ1) is 15.5. The number of carbonyl (C=O) groups excluding carboxylic acids is 1. The first-order chi connectivity index (χ1) is 11.1. The SMILES string of the molecule is CCOc1cccc(C(=O)C=Cc2c(C)nc3sc(C)cn23)c1. The van der Waals surface area contributed by atoms with Crippen molar-refractivity contribution in [3.05, 3.63) is 58.4 Å². The summed E-state index contributed by atoms with van der Waals surface area (Å²) in [7, 11) is 0. The summed E-state index contributed by atoms with van der Waals surface area (Å²) in [6.07, 6.45) is 5.46. The normalized spacial score (nSPS) is 11.4. The summed E-state index contributed by atoms with van der Waals surface area (Å²) in [5.41, 5.74) is 2.48. The van der Waals surface area contributed by atoms with Gasteiger partial charge < -0.3 is 4.74 Å². The fraction of sp³-hybridized carbons (Fsp3) is 0.222. The number of aromatic nitrogens is 2. The van der Waals surface area contributed by atoms with E-state index in [2.05, 4.69) is 4.98 Å². The molecule has 4 nitrogen and oxygen atoms in total. The third kappa shape index (κ3) is 3.19. The molecule has 0 N–H and O–H groups in total. The summed E-state index contributed by atoms with van der Waals surface area (Å²) in [4.78, 5) is 19.0. The quantitative estimate of drug-likeness (QED) is 0.518. The van der Waals surface area contributed by atoms with Gasteiger partial charge in [0.05, 0.1) is 18.0 Å². The maximum Gasteiger partial charge on any atom is 0.194 e. The van der Waals surface area contributed by atoms with Gasteiger partial charge in [0, 0.05) is 16.6 Å². The Balaban J connectivity index is 1.87. The Morgan fingerprint density at radius 3 is 3.00 bits per heavy atom. The van der Waals surface area contributed by atoms with Gasteiger partial charge in [-0.05, 0) is 45.1 Å². The molecule has 5 heteroatoms. The second kappa shape index (κ2) is 6.38. The lowest BCUT2D eigenvalue weighted by Gasteiger charge is -2.03. The monoisotopic (exact) mass is 326 g/mol. The van der Waals surface area contributed by atoms with Crippen molar-refractivity contribution in [2.45, 2.75) is 20.8 Å². The molecule has 3 aromatic rings. The van der Waals surface area contributed by atoms with Crippen molar-refractivity contribution >= 4 is 28.2 Å². The number of hydrogen-bond acceptors (Lipinski definition) is 4. The predicted octanol–water partition coefficient (Wildman–Crippen LogP) is 4.31. The van der Waals surface area contributed by atoms with Crippen LogP contribution in [0.2, 0.25) is 0 Å². The summed E-state index contributed by atoms with van der Waals surface area (Å²) in [6.45, 7) is 6.50. The van der Waals surface area contributed by atoms with E-state index in [0.29, 0.717) is 17.9 Å². The van der Waals surface area contributed by atoms with Crippen molar-refractivity contribution in [1.82, 2.24) is 9.38 Å². The zero-order valence-corrected chi connectivity index (χ0v) is 14.2. The average molecular weight is 326 g/mol. The Morgan fingerprint density at radius 2 is 2.22 bits per heavy atom. The maximum atomic E-state index is 12.4. The van der Waals surface area contributed by atoms with Crippen molar-refractivity contribution in [1.29, 1.82) is 0 Å². The summed E-state index contributed by atoms with van der Waals surface area (Å²) in [5.74, 6) is 0.663. The number of benzene rings is 1. The van der Waals surface area contributed by atoms with Gasteiger partial charge in [0.15, 0.2) is 10.7 Å². The van der Waals surface area contributed by atoms with E-state index in [-0.39, 0.29) is 5.78 Å². The lowest BCUT2D eigenvalue weighted by Crippen LogP contribution is -1.97. The van der Waals surface area contributed by atoms with Crippen molar-refractivity contribution in [2.75, 3.05) is 6.61 Å². The van der Waals surface area contributed by atoms with Crippen molar-refractivity contribution in [2.24, 2.45) is 0 Å². The molecule has 0 amide bonds. The molecule has 0 atom stereocenters. The molecule has 1 aromatic carbocycles. The summed E-state index contributed by atoms with van der Waals surface area (Å²) in [5, 5.41) is 0. The van der Waals surface area contributed by atoms with Crippen LogP contribution in [-0.2, 0) is 0 Å². The third-order valence-corrected chi connectivity index (χ3v) is 4.38.